The van der Waals surface area contributed by atoms with Gasteiger partial charge in [-0.2, -0.15) is 5.10 Å². The summed E-state index contributed by atoms with van der Waals surface area (Å²) in [6.07, 6.45) is 1.45. The van der Waals surface area contributed by atoms with Gasteiger partial charge in [0.05, 0.1) is 40.3 Å². The lowest BCUT2D eigenvalue weighted by Gasteiger charge is -2.38. The summed E-state index contributed by atoms with van der Waals surface area (Å²) < 4.78 is 9.06. The number of benzene rings is 4. The third-order valence-corrected chi connectivity index (χ3v) is 16.2. The van der Waals surface area contributed by atoms with Crippen LogP contribution < -0.4 is 25.2 Å². The molecule has 0 aliphatic carbocycles. The Morgan fingerprint density at radius 3 is 2.41 bits per heavy atom. The largest absolute Gasteiger partial charge is 0.494 e. The predicted molar refractivity (Wildman–Crippen MR) is 289 cm³/mol. The smallest absolute Gasteiger partial charge is 0.355 e. The molecule has 0 spiro atoms. The molecular formula is C56H61N11O7S. The van der Waals surface area contributed by atoms with Crippen LogP contribution in [0.25, 0.3) is 32.2 Å². The number of aliphatic hydroxyl groups is 1. The second-order valence-corrected chi connectivity index (χ2v) is 21.0. The molecule has 11 rings (SSSR count). The summed E-state index contributed by atoms with van der Waals surface area (Å²) in [6.45, 7) is 10.9. The standard InChI is InChI=1S/C56H61N11O7S/c1-35-32-37(14-15-38(35)39-16-18-47(58-51(39)55(72)73)67-22-20-36-8-5-9-40(43(36)33-67)53(70)60-56-57-44-11-3-4-13-46(44)75-56)74-31-7-21-63-23-25-64(26-24-63)34-49(69)66-29-27-65(28-30-66)45-12-6-10-41-50(61-62(2)52(41)45)42-17-19-48(68)59-54(42)71/h3-6,8-16,18,32,42,54,71H,7,17,19-31,33-34H2,1-2H3,(H,59,68)(H,72,73)(H,57,60,70). The fraction of sp³-hybridized carbons (Fsp3) is 0.375. The Morgan fingerprint density at radius 2 is 1.63 bits per heavy atom. The minimum atomic E-state index is -1.12. The van der Waals surface area contributed by atoms with Crippen LogP contribution in [0.4, 0.5) is 16.6 Å². The van der Waals surface area contributed by atoms with E-state index in [2.05, 4.69) is 36.4 Å². The van der Waals surface area contributed by atoms with Gasteiger partial charge in [0.25, 0.3) is 5.91 Å². The SMILES string of the molecule is Cc1cc(OCCCN2CCN(CC(=O)N3CCN(c4cccc5c(C6CCC(=O)NC6O)nn(C)c45)CC3)CC2)ccc1-c1ccc(N2CCc3cccc(C(=O)Nc4nc5ccccc5s4)c3C2)nc1C(=O)O. The molecule has 4 aromatic carbocycles. The minimum absolute atomic E-state index is 0.0391. The van der Waals surface area contributed by atoms with Crippen molar-refractivity contribution in [3.05, 3.63) is 125 Å². The number of carbonyl (C=O) groups is 4. The van der Waals surface area contributed by atoms with Crippen molar-refractivity contribution in [2.75, 3.05) is 93.7 Å². The Balaban J connectivity index is 0.632. The fourth-order valence-electron chi connectivity index (χ4n) is 11.2. The highest BCUT2D eigenvalue weighted by Gasteiger charge is 2.34. The van der Waals surface area contributed by atoms with Crippen LogP contribution in [0.2, 0.25) is 0 Å². The highest BCUT2D eigenvalue weighted by Crippen LogP contribution is 2.37. The van der Waals surface area contributed by atoms with Gasteiger partial charge in [0.2, 0.25) is 11.8 Å². The molecule has 4 aliphatic rings. The van der Waals surface area contributed by atoms with E-state index in [-0.39, 0.29) is 29.3 Å². The van der Waals surface area contributed by atoms with Gasteiger partial charge in [-0.25, -0.2) is 14.8 Å². The van der Waals surface area contributed by atoms with Crippen molar-refractivity contribution < 1.29 is 34.1 Å². The number of nitrogens with one attached hydrogen (secondary N) is 2. The van der Waals surface area contributed by atoms with Gasteiger partial charge >= 0.3 is 5.97 Å². The average Bonchev–Trinajstić information content (AvgIpc) is 3.99. The second kappa shape index (κ2) is 21.4. The van der Waals surface area contributed by atoms with E-state index in [1.54, 1.807) is 0 Å². The number of piperazine rings is 2. The lowest BCUT2D eigenvalue weighted by molar-refractivity contribution is -0.133. The van der Waals surface area contributed by atoms with Gasteiger partial charge < -0.3 is 39.9 Å². The first kappa shape index (κ1) is 49.7. The highest BCUT2D eigenvalue weighted by atomic mass is 32.1. The van der Waals surface area contributed by atoms with Crippen molar-refractivity contribution in [3.63, 3.8) is 0 Å². The number of carboxylic acids is 1. The molecule has 18 nitrogen and oxygen atoms in total. The first-order valence-electron chi connectivity index (χ1n) is 25.9. The summed E-state index contributed by atoms with van der Waals surface area (Å²) in [4.78, 5) is 72.0. The summed E-state index contributed by atoms with van der Waals surface area (Å²) in [5.41, 5.74) is 8.31. The number of amides is 3. The van der Waals surface area contributed by atoms with Gasteiger partial charge in [0, 0.05) is 108 Å². The van der Waals surface area contributed by atoms with Crippen molar-refractivity contribution in [1.82, 2.24) is 39.8 Å². The predicted octanol–water partition coefficient (Wildman–Crippen LogP) is 6.11. The third kappa shape index (κ3) is 10.5. The maximum Gasteiger partial charge on any atom is 0.355 e. The van der Waals surface area contributed by atoms with Gasteiger partial charge in [-0.05, 0) is 97.0 Å². The Bertz CT molecular complexity index is 3270. The average molecular weight is 1030 g/mol. The summed E-state index contributed by atoms with van der Waals surface area (Å²) in [5, 5.41) is 33.0. The number of nitrogens with zero attached hydrogens (tertiary/aromatic N) is 9. The maximum atomic E-state index is 13.6. The lowest BCUT2D eigenvalue weighted by Crippen LogP contribution is -2.54. The molecule has 7 heterocycles. The summed E-state index contributed by atoms with van der Waals surface area (Å²) in [7, 11) is 1.92. The Labute approximate surface area is 438 Å². The van der Waals surface area contributed by atoms with Crippen LogP contribution in [-0.2, 0) is 29.6 Å². The summed E-state index contributed by atoms with van der Waals surface area (Å²) in [5.74, 6) is -0.367. The van der Waals surface area contributed by atoms with Gasteiger partial charge in [0.15, 0.2) is 10.8 Å². The lowest BCUT2D eigenvalue weighted by atomic mass is 9.91. The molecule has 0 radical (unpaired) electrons. The number of aliphatic hydroxyl groups excluding tert-OH is 1. The molecule has 388 valence electrons. The van der Waals surface area contributed by atoms with Gasteiger partial charge in [-0.1, -0.05) is 53.8 Å². The maximum absolute atomic E-state index is 13.6. The number of fused-ring (bicyclic) bond motifs is 3. The van der Waals surface area contributed by atoms with Crippen molar-refractivity contribution in [2.24, 2.45) is 7.05 Å². The molecule has 3 fully saturated rings. The van der Waals surface area contributed by atoms with E-state index in [0.717, 1.165) is 93.9 Å². The summed E-state index contributed by atoms with van der Waals surface area (Å²) in [6, 6.07) is 29.1. The van der Waals surface area contributed by atoms with E-state index in [4.69, 9.17) is 14.8 Å². The molecule has 3 aromatic heterocycles. The van der Waals surface area contributed by atoms with E-state index in [0.29, 0.717) is 99.5 Å². The molecule has 0 saturated carbocycles. The van der Waals surface area contributed by atoms with E-state index < -0.39 is 12.2 Å². The van der Waals surface area contributed by atoms with Gasteiger partial charge in [-0.15, -0.1) is 0 Å². The van der Waals surface area contributed by atoms with Crippen LogP contribution in [0, 0.1) is 6.92 Å². The van der Waals surface area contributed by atoms with E-state index in [9.17, 15) is 29.4 Å². The number of anilines is 3. The number of aromatic carboxylic acids is 1. The Kier molecular flexibility index (Phi) is 14.2. The van der Waals surface area contributed by atoms with Crippen LogP contribution in [0.3, 0.4) is 0 Å². The number of carboxylic acid groups (broad SMARTS) is 1. The van der Waals surface area contributed by atoms with E-state index >= 15 is 0 Å². The van der Waals surface area contributed by atoms with E-state index in [1.807, 2.05) is 113 Å². The van der Waals surface area contributed by atoms with Crippen LogP contribution in [0.1, 0.15) is 68.4 Å². The fourth-order valence-corrected chi connectivity index (χ4v) is 12.1. The number of hydrogen-bond acceptors (Lipinski definition) is 14. The molecule has 2 atom stereocenters. The van der Waals surface area contributed by atoms with Crippen LogP contribution in [-0.4, -0.2) is 153 Å². The molecule has 4 N–H and O–H groups in total. The Hall–Kier alpha value is -7.45. The summed E-state index contributed by atoms with van der Waals surface area (Å²) >= 11 is 1.43. The monoisotopic (exact) mass is 1030 g/mol. The number of aryl methyl sites for hydroxylation is 2. The highest BCUT2D eigenvalue weighted by molar-refractivity contribution is 7.22. The number of thiazole rings is 1. The molecule has 4 aliphatic heterocycles. The molecular weight excluding hydrogens is 971 g/mol. The van der Waals surface area contributed by atoms with Crippen molar-refractivity contribution in [1.29, 1.82) is 0 Å². The van der Waals surface area contributed by atoms with Crippen LogP contribution in [0.15, 0.2) is 91.0 Å². The molecule has 19 heteroatoms. The molecule has 75 heavy (non-hydrogen) atoms. The van der Waals surface area contributed by atoms with Gasteiger partial charge in [0.1, 0.15) is 17.8 Å². The van der Waals surface area contributed by atoms with Crippen molar-refractivity contribution in [2.45, 2.75) is 51.3 Å². The minimum Gasteiger partial charge on any atom is -0.494 e. The molecule has 0 bridgehead atoms. The zero-order valence-corrected chi connectivity index (χ0v) is 43.0. The third-order valence-electron chi connectivity index (χ3n) is 15.2. The quantitative estimate of drug-likeness (QED) is 0.0909. The zero-order chi connectivity index (χ0) is 51.7. The van der Waals surface area contributed by atoms with Crippen molar-refractivity contribution >= 4 is 72.8 Å². The van der Waals surface area contributed by atoms with Crippen LogP contribution >= 0.6 is 11.3 Å². The number of pyridine rings is 1. The normalized spacial score (nSPS) is 18.5. The first-order chi connectivity index (χ1) is 36.4. The number of rotatable bonds is 14. The number of ether oxygens (including phenoxy) is 1. The molecule has 2 unspecified atom stereocenters. The number of para-hydroxylation sites is 2. The van der Waals surface area contributed by atoms with Crippen molar-refractivity contribution in [3.8, 4) is 16.9 Å². The van der Waals surface area contributed by atoms with Gasteiger partial charge in [-0.3, -0.25) is 29.3 Å². The second-order valence-electron chi connectivity index (χ2n) is 19.9. The Morgan fingerprint density at radius 1 is 0.840 bits per heavy atom. The number of piperidine rings is 1. The molecule has 7 aromatic rings. The zero-order valence-electron chi connectivity index (χ0n) is 42.2. The first-order valence-corrected chi connectivity index (χ1v) is 26.7. The topological polar surface area (TPSA) is 202 Å². The number of hydrogen-bond donors (Lipinski definition) is 4. The van der Waals surface area contributed by atoms with E-state index in [1.165, 1.54) is 11.3 Å². The molecule has 3 saturated heterocycles. The number of aromatic nitrogens is 4. The molecule has 3 amide bonds. The van der Waals surface area contributed by atoms with Crippen LogP contribution in [0.5, 0.6) is 5.75 Å². The number of carbonyl (C=O) groups excluding carboxylic acids is 3.